The lowest BCUT2D eigenvalue weighted by molar-refractivity contribution is 0.669. The lowest BCUT2D eigenvalue weighted by Gasteiger charge is -2.15. The summed E-state index contributed by atoms with van der Waals surface area (Å²) in [4.78, 5) is 20.4. The summed E-state index contributed by atoms with van der Waals surface area (Å²) in [6, 6.07) is 56.7. The van der Waals surface area contributed by atoms with Gasteiger partial charge >= 0.3 is 0 Å². The Hall–Kier alpha value is -7.24. The van der Waals surface area contributed by atoms with Crippen LogP contribution in [0.25, 0.3) is 110 Å². The molecule has 0 N–H and O–H groups in total. The number of pyridine rings is 1. The average molecular weight is 677 g/mol. The summed E-state index contributed by atoms with van der Waals surface area (Å²) in [5.74, 6) is 1.86. The van der Waals surface area contributed by atoms with Crippen molar-refractivity contribution in [3.63, 3.8) is 0 Å². The Balaban J connectivity index is 1.18. The minimum absolute atomic E-state index is 0.618. The van der Waals surface area contributed by atoms with Gasteiger partial charge in [0.2, 0.25) is 0 Å². The van der Waals surface area contributed by atoms with E-state index in [4.69, 9.17) is 19.4 Å². The number of aromatic nitrogens is 4. The Morgan fingerprint density at radius 1 is 0.340 bits per heavy atom. The van der Waals surface area contributed by atoms with Crippen LogP contribution in [-0.4, -0.2) is 19.9 Å². The zero-order chi connectivity index (χ0) is 34.9. The van der Waals surface area contributed by atoms with Crippen LogP contribution in [-0.2, 0) is 0 Å². The molecule has 0 radical (unpaired) electrons. The van der Waals surface area contributed by atoms with Crippen molar-refractivity contribution >= 4 is 65.2 Å². The summed E-state index contributed by atoms with van der Waals surface area (Å²) in [7, 11) is 0. The maximum Gasteiger partial charge on any atom is 0.164 e. The zero-order valence-electron chi connectivity index (χ0n) is 28.4. The van der Waals surface area contributed by atoms with Crippen molar-refractivity contribution in [3.8, 4) is 45.3 Å². The number of para-hydroxylation sites is 1. The maximum atomic E-state index is 6.28. The van der Waals surface area contributed by atoms with Crippen LogP contribution in [0, 0.1) is 0 Å². The quantitative estimate of drug-likeness (QED) is 0.174. The first-order valence-corrected chi connectivity index (χ1v) is 17.7. The molecule has 0 saturated carbocycles. The van der Waals surface area contributed by atoms with Crippen LogP contribution >= 0.6 is 0 Å². The molecule has 0 bridgehead atoms. The predicted octanol–water partition coefficient (Wildman–Crippen LogP) is 12.4. The minimum atomic E-state index is 0.618. The molecule has 0 saturated heterocycles. The van der Waals surface area contributed by atoms with Crippen molar-refractivity contribution < 1.29 is 4.42 Å². The first kappa shape index (κ1) is 29.5. The lowest BCUT2D eigenvalue weighted by atomic mass is 9.92. The van der Waals surface area contributed by atoms with E-state index in [1.807, 2.05) is 48.7 Å². The summed E-state index contributed by atoms with van der Waals surface area (Å²) in [5.41, 5.74) is 7.77. The van der Waals surface area contributed by atoms with E-state index in [0.29, 0.717) is 17.5 Å². The second-order valence-electron chi connectivity index (χ2n) is 13.4. The molecule has 5 nitrogen and oxygen atoms in total. The van der Waals surface area contributed by atoms with E-state index in [2.05, 4.69) is 126 Å². The summed E-state index contributed by atoms with van der Waals surface area (Å²) < 4.78 is 6.28. The fourth-order valence-electron chi connectivity index (χ4n) is 7.99. The molecule has 0 aliphatic heterocycles. The van der Waals surface area contributed by atoms with Gasteiger partial charge in [-0.05, 0) is 79.8 Å². The van der Waals surface area contributed by atoms with Gasteiger partial charge in [-0.1, -0.05) is 127 Å². The molecule has 11 aromatic rings. The van der Waals surface area contributed by atoms with E-state index < -0.39 is 0 Å². The van der Waals surface area contributed by atoms with Crippen molar-refractivity contribution in [2.24, 2.45) is 0 Å². The van der Waals surface area contributed by atoms with Gasteiger partial charge in [0.1, 0.15) is 11.2 Å². The van der Waals surface area contributed by atoms with Crippen LogP contribution < -0.4 is 0 Å². The highest BCUT2D eigenvalue weighted by Crippen LogP contribution is 2.42. The molecule has 246 valence electrons. The van der Waals surface area contributed by atoms with Crippen LogP contribution in [0.3, 0.4) is 0 Å². The molecular weight excluding hydrogens is 649 g/mol. The van der Waals surface area contributed by atoms with E-state index in [0.717, 1.165) is 87.6 Å². The third-order valence-electron chi connectivity index (χ3n) is 10.4. The highest BCUT2D eigenvalue weighted by molar-refractivity contribution is 6.20. The number of nitrogens with zero attached hydrogens (tertiary/aromatic N) is 4. The van der Waals surface area contributed by atoms with Gasteiger partial charge in [0.15, 0.2) is 17.5 Å². The van der Waals surface area contributed by atoms with Gasteiger partial charge in [-0.3, -0.25) is 4.98 Å². The average Bonchev–Trinajstić information content (AvgIpc) is 3.62. The number of rotatable bonds is 4. The summed E-state index contributed by atoms with van der Waals surface area (Å²) in [6.07, 6.45) is 1.84. The van der Waals surface area contributed by atoms with Gasteiger partial charge in [-0.25, -0.2) is 15.0 Å². The Bertz CT molecular complexity index is 3240. The molecule has 0 unspecified atom stereocenters. The van der Waals surface area contributed by atoms with Gasteiger partial charge in [0, 0.05) is 39.0 Å². The summed E-state index contributed by atoms with van der Waals surface area (Å²) >= 11 is 0. The van der Waals surface area contributed by atoms with Crippen molar-refractivity contribution in [3.05, 3.63) is 170 Å². The van der Waals surface area contributed by atoms with Crippen LogP contribution in [0.2, 0.25) is 0 Å². The van der Waals surface area contributed by atoms with Crippen molar-refractivity contribution in [2.45, 2.75) is 0 Å². The van der Waals surface area contributed by atoms with Gasteiger partial charge < -0.3 is 4.42 Å². The summed E-state index contributed by atoms with van der Waals surface area (Å²) in [5, 5.41) is 9.99. The number of fused-ring (bicyclic) bond motifs is 9. The number of hydrogen-bond donors (Lipinski definition) is 0. The van der Waals surface area contributed by atoms with Crippen LogP contribution in [0.4, 0.5) is 0 Å². The molecule has 0 atom stereocenters. The minimum Gasteiger partial charge on any atom is -0.456 e. The molecule has 0 aliphatic rings. The van der Waals surface area contributed by atoms with E-state index in [9.17, 15) is 0 Å². The van der Waals surface area contributed by atoms with E-state index in [1.54, 1.807) is 0 Å². The van der Waals surface area contributed by atoms with Crippen molar-refractivity contribution in [2.75, 3.05) is 0 Å². The van der Waals surface area contributed by atoms with E-state index in [1.165, 1.54) is 5.39 Å². The SMILES string of the molecule is c1ccc(-c2nc(-c3ccc(-c4cccc5oc6ccccc6c45)c4ccccc34)nc(-c3cc4c5cccnc5ccc4c4ccccc34)n2)cc1. The van der Waals surface area contributed by atoms with Gasteiger partial charge in [-0.15, -0.1) is 0 Å². The Morgan fingerprint density at radius 3 is 1.77 bits per heavy atom. The third kappa shape index (κ3) is 4.64. The van der Waals surface area contributed by atoms with Crippen LogP contribution in [0.5, 0.6) is 0 Å². The Kier molecular flexibility index (Phi) is 6.48. The summed E-state index contributed by atoms with van der Waals surface area (Å²) in [6.45, 7) is 0. The molecule has 5 heteroatoms. The number of furan rings is 1. The first-order chi connectivity index (χ1) is 26.3. The topological polar surface area (TPSA) is 64.7 Å². The van der Waals surface area contributed by atoms with Gasteiger partial charge in [0.25, 0.3) is 0 Å². The second-order valence-corrected chi connectivity index (χ2v) is 13.4. The second kappa shape index (κ2) is 11.7. The van der Waals surface area contributed by atoms with Gasteiger partial charge in [0.05, 0.1) is 5.52 Å². The van der Waals surface area contributed by atoms with Gasteiger partial charge in [-0.2, -0.15) is 0 Å². The zero-order valence-corrected chi connectivity index (χ0v) is 28.4. The smallest absolute Gasteiger partial charge is 0.164 e. The molecule has 0 spiro atoms. The standard InChI is InChI=1S/C48H28N4O/c1-2-12-29(13-3-1)46-50-47(52-48(51-46)41-28-40-35(31-15-5-7-17-33(31)41)25-26-42-36(40)20-11-27-49-42)38-24-23-34(30-14-4-6-16-32(30)38)37-19-10-22-44-45(37)39-18-8-9-21-43(39)53-44/h1-28H. The molecular formula is C48H28N4O. The van der Waals surface area contributed by atoms with Crippen molar-refractivity contribution in [1.29, 1.82) is 0 Å². The lowest BCUT2D eigenvalue weighted by Crippen LogP contribution is -2.01. The van der Waals surface area contributed by atoms with E-state index in [-0.39, 0.29) is 0 Å². The number of benzene rings is 8. The van der Waals surface area contributed by atoms with Crippen LogP contribution in [0.1, 0.15) is 0 Å². The fourth-order valence-corrected chi connectivity index (χ4v) is 7.99. The highest BCUT2D eigenvalue weighted by atomic mass is 16.3. The van der Waals surface area contributed by atoms with Crippen molar-refractivity contribution in [1.82, 2.24) is 19.9 Å². The maximum absolute atomic E-state index is 6.28. The molecule has 53 heavy (non-hydrogen) atoms. The molecule has 0 fully saturated rings. The highest BCUT2D eigenvalue weighted by Gasteiger charge is 2.20. The third-order valence-corrected chi connectivity index (χ3v) is 10.4. The molecule has 11 rings (SSSR count). The molecule has 0 aliphatic carbocycles. The molecule has 3 heterocycles. The van der Waals surface area contributed by atoms with Crippen LogP contribution in [0.15, 0.2) is 174 Å². The Morgan fingerprint density at radius 2 is 0.943 bits per heavy atom. The molecule has 0 amide bonds. The number of hydrogen-bond acceptors (Lipinski definition) is 5. The normalized spacial score (nSPS) is 11.8. The first-order valence-electron chi connectivity index (χ1n) is 17.7. The molecule has 8 aromatic carbocycles. The Labute approximate surface area is 303 Å². The fraction of sp³-hybridized carbons (Fsp3) is 0. The molecule has 3 aromatic heterocycles. The van der Waals surface area contributed by atoms with E-state index >= 15 is 0 Å². The monoisotopic (exact) mass is 676 g/mol. The largest absolute Gasteiger partial charge is 0.456 e. The predicted molar refractivity (Wildman–Crippen MR) is 217 cm³/mol.